The molecule has 1 aromatic carbocycles. The van der Waals surface area contributed by atoms with Crippen LogP contribution in [0.5, 0.6) is 0 Å². The van der Waals surface area contributed by atoms with Gasteiger partial charge in [0.15, 0.2) is 6.20 Å². The second kappa shape index (κ2) is 2.48. The average molecular weight is 185 g/mol. The van der Waals surface area contributed by atoms with Gasteiger partial charge in [0.2, 0.25) is 0 Å². The highest BCUT2D eigenvalue weighted by Crippen LogP contribution is 2.25. The topological polar surface area (TPSA) is 40.1 Å². The molecule has 0 aliphatic heterocycles. The predicted molar refractivity (Wildman–Crippen MR) is 52.7 cm³/mol. The first-order valence-electron chi connectivity index (χ1n) is 4.36. The molecule has 0 bridgehead atoms. The van der Waals surface area contributed by atoms with Crippen LogP contribution in [0.15, 0.2) is 47.0 Å². The molecule has 3 heteroatoms. The van der Waals surface area contributed by atoms with Gasteiger partial charge in [-0.3, -0.25) is 0 Å². The van der Waals surface area contributed by atoms with E-state index >= 15 is 0 Å². The Morgan fingerprint density at radius 1 is 1.00 bits per heavy atom. The molecule has 0 fully saturated rings. The van der Waals surface area contributed by atoms with Crippen LogP contribution in [0, 0.1) is 5.21 Å². The zero-order chi connectivity index (χ0) is 9.54. The van der Waals surface area contributed by atoms with Gasteiger partial charge in [-0.15, -0.1) is 4.73 Å². The Bertz CT molecular complexity index is 613. The maximum atomic E-state index is 11.4. The molecule has 0 amide bonds. The number of aromatic nitrogens is 1. The number of nitrogens with zero attached hydrogens (tertiary/aromatic N) is 1. The quantitative estimate of drug-likeness (QED) is 0.398. The van der Waals surface area contributed by atoms with Crippen LogP contribution >= 0.6 is 0 Å². The summed E-state index contributed by atoms with van der Waals surface area (Å²) in [5, 5.41) is 13.2. The lowest BCUT2D eigenvalue weighted by Crippen LogP contribution is -2.24. The molecule has 3 rings (SSSR count). The summed E-state index contributed by atoms with van der Waals surface area (Å²) in [7, 11) is 0. The molecule has 0 saturated carbocycles. The Labute approximate surface area is 79.8 Å². The van der Waals surface area contributed by atoms with Crippen LogP contribution in [-0.2, 0) is 0 Å². The van der Waals surface area contributed by atoms with Crippen LogP contribution in [0.1, 0.15) is 0 Å². The van der Waals surface area contributed by atoms with Crippen molar-refractivity contribution in [1.29, 1.82) is 0 Å². The molecular weight excluding hydrogens is 178 g/mol. The summed E-state index contributed by atoms with van der Waals surface area (Å²) in [5.41, 5.74) is 1.12. The number of hydrogen-bond acceptors (Lipinski definition) is 2. The van der Waals surface area contributed by atoms with Crippen LogP contribution in [0.2, 0.25) is 0 Å². The molecule has 2 aromatic heterocycles. The number of furan rings is 1. The minimum absolute atomic E-state index is 0.369. The van der Waals surface area contributed by atoms with Crippen molar-refractivity contribution in [3.8, 4) is 0 Å². The Kier molecular flexibility index (Phi) is 1.31. The summed E-state index contributed by atoms with van der Waals surface area (Å²) in [5.74, 6) is 0. The van der Waals surface area contributed by atoms with Gasteiger partial charge >= 0.3 is 5.71 Å². The van der Waals surface area contributed by atoms with E-state index in [-0.39, 0.29) is 0 Å². The van der Waals surface area contributed by atoms with E-state index < -0.39 is 0 Å². The van der Waals surface area contributed by atoms with Crippen molar-refractivity contribution in [2.45, 2.75) is 0 Å². The van der Waals surface area contributed by atoms with Gasteiger partial charge in [0.1, 0.15) is 5.58 Å². The monoisotopic (exact) mass is 185 g/mol. The third kappa shape index (κ3) is 0.836. The Balaban J connectivity index is 2.63. The number of rotatable bonds is 0. The van der Waals surface area contributed by atoms with Gasteiger partial charge in [-0.2, -0.15) is 0 Å². The standard InChI is InChI=1S/C11H7NO2/c13-12-7-3-5-9-8-4-1-2-6-10(8)14-11(9)12/h1-7H. The molecule has 3 nitrogen and oxygen atoms in total. The summed E-state index contributed by atoms with van der Waals surface area (Å²) in [4.78, 5) is 0. The van der Waals surface area contributed by atoms with Gasteiger partial charge in [0.05, 0.1) is 5.39 Å². The van der Waals surface area contributed by atoms with E-state index in [9.17, 15) is 5.21 Å². The van der Waals surface area contributed by atoms with Crippen molar-refractivity contribution in [2.75, 3.05) is 0 Å². The van der Waals surface area contributed by atoms with Crippen molar-refractivity contribution in [2.24, 2.45) is 0 Å². The van der Waals surface area contributed by atoms with E-state index in [0.29, 0.717) is 5.71 Å². The molecular formula is C11H7NO2. The second-order valence-electron chi connectivity index (χ2n) is 3.15. The minimum Gasteiger partial charge on any atom is -0.616 e. The van der Waals surface area contributed by atoms with Crippen LogP contribution in [0.3, 0.4) is 0 Å². The number of hydrogen-bond donors (Lipinski definition) is 0. The largest absolute Gasteiger partial charge is 0.616 e. The first-order chi connectivity index (χ1) is 6.86. The van der Waals surface area contributed by atoms with Gasteiger partial charge in [0.25, 0.3) is 0 Å². The number of para-hydroxylation sites is 1. The first kappa shape index (κ1) is 7.38. The summed E-state index contributed by atoms with van der Waals surface area (Å²) in [6.45, 7) is 0. The molecule has 14 heavy (non-hydrogen) atoms. The van der Waals surface area contributed by atoms with Gasteiger partial charge in [-0.05, 0) is 12.1 Å². The lowest BCUT2D eigenvalue weighted by Gasteiger charge is -1.92. The molecule has 68 valence electrons. The Hall–Kier alpha value is -2.03. The van der Waals surface area contributed by atoms with E-state index in [1.807, 2.05) is 30.3 Å². The van der Waals surface area contributed by atoms with Crippen LogP contribution < -0.4 is 4.73 Å². The van der Waals surface area contributed by atoms with E-state index in [1.165, 1.54) is 6.20 Å². The summed E-state index contributed by atoms with van der Waals surface area (Å²) in [6, 6.07) is 11.2. The summed E-state index contributed by atoms with van der Waals surface area (Å²) < 4.78 is 6.18. The van der Waals surface area contributed by atoms with Crippen molar-refractivity contribution in [1.82, 2.24) is 0 Å². The fraction of sp³-hybridized carbons (Fsp3) is 0. The molecule has 0 spiro atoms. The number of benzene rings is 1. The van der Waals surface area contributed by atoms with E-state index in [0.717, 1.165) is 21.1 Å². The third-order valence-electron chi connectivity index (χ3n) is 2.30. The van der Waals surface area contributed by atoms with Gasteiger partial charge in [0, 0.05) is 11.5 Å². The molecule has 3 aromatic rings. The maximum Gasteiger partial charge on any atom is 0.393 e. The fourth-order valence-corrected chi connectivity index (χ4v) is 1.66. The molecule has 0 N–H and O–H groups in total. The highest BCUT2D eigenvalue weighted by atomic mass is 16.5. The number of pyridine rings is 1. The van der Waals surface area contributed by atoms with Crippen molar-refractivity contribution in [3.63, 3.8) is 0 Å². The van der Waals surface area contributed by atoms with Crippen molar-refractivity contribution >= 4 is 22.1 Å². The first-order valence-corrected chi connectivity index (χ1v) is 4.36. The average Bonchev–Trinajstić information content (AvgIpc) is 2.59. The normalized spacial score (nSPS) is 11.1. The number of fused-ring (bicyclic) bond motifs is 3. The lowest BCUT2D eigenvalue weighted by atomic mass is 10.2. The van der Waals surface area contributed by atoms with Crippen molar-refractivity contribution < 1.29 is 9.15 Å². The van der Waals surface area contributed by atoms with E-state index in [4.69, 9.17) is 4.42 Å². The van der Waals surface area contributed by atoms with E-state index in [1.54, 1.807) is 6.07 Å². The zero-order valence-corrected chi connectivity index (χ0v) is 7.31. The van der Waals surface area contributed by atoms with Gasteiger partial charge in [-0.1, -0.05) is 18.2 Å². The zero-order valence-electron chi connectivity index (χ0n) is 7.31. The fourth-order valence-electron chi connectivity index (χ4n) is 1.66. The lowest BCUT2D eigenvalue weighted by molar-refractivity contribution is -0.584. The smallest absolute Gasteiger partial charge is 0.393 e. The van der Waals surface area contributed by atoms with Crippen LogP contribution in [0.4, 0.5) is 0 Å². The molecule has 2 heterocycles. The molecule has 0 radical (unpaired) electrons. The highest BCUT2D eigenvalue weighted by molar-refractivity contribution is 6.02. The Morgan fingerprint density at radius 2 is 1.79 bits per heavy atom. The third-order valence-corrected chi connectivity index (χ3v) is 2.30. The Morgan fingerprint density at radius 3 is 2.71 bits per heavy atom. The molecule has 0 unspecified atom stereocenters. The van der Waals surface area contributed by atoms with Crippen LogP contribution in [0.25, 0.3) is 22.1 Å². The van der Waals surface area contributed by atoms with Crippen LogP contribution in [-0.4, -0.2) is 0 Å². The van der Waals surface area contributed by atoms with Gasteiger partial charge < -0.3 is 9.62 Å². The predicted octanol–water partition coefficient (Wildman–Crippen LogP) is 2.22. The molecule has 0 aliphatic rings. The molecule has 0 atom stereocenters. The summed E-state index contributed by atoms with van der Waals surface area (Å²) >= 11 is 0. The second-order valence-corrected chi connectivity index (χ2v) is 3.15. The maximum absolute atomic E-state index is 11.4. The van der Waals surface area contributed by atoms with Crippen molar-refractivity contribution in [3.05, 3.63) is 47.8 Å². The van der Waals surface area contributed by atoms with E-state index in [2.05, 4.69) is 0 Å². The molecule has 0 saturated heterocycles. The van der Waals surface area contributed by atoms with Gasteiger partial charge in [-0.25, -0.2) is 0 Å². The SMILES string of the molecule is [O-][n+]1cccc2c3ccccc3oc21. The summed E-state index contributed by atoms with van der Waals surface area (Å²) in [6.07, 6.45) is 1.44. The highest BCUT2D eigenvalue weighted by Gasteiger charge is 2.12. The minimum atomic E-state index is 0.369. The molecule has 0 aliphatic carbocycles.